The molecule has 2 heterocycles. The van der Waals surface area contributed by atoms with Gasteiger partial charge in [0.1, 0.15) is 17.7 Å². The molecule has 1 fully saturated rings. The van der Waals surface area contributed by atoms with E-state index in [1.807, 2.05) is 0 Å². The Morgan fingerprint density at radius 1 is 1.29 bits per heavy atom. The molecule has 2 aromatic rings. The van der Waals surface area contributed by atoms with Crippen LogP contribution in [-0.2, 0) is 16.1 Å². The SMILES string of the molecule is COc1c([C@H]2[C@H](C(=O)Nc3ccc(CO)nc3)O[C@@](C)(C(F)(F)F)[C@H]2C)ccc(F)c1C(F)F. The first kappa shape index (κ1) is 25.8. The Morgan fingerprint density at radius 2 is 1.97 bits per heavy atom. The molecular formula is C22H22F6N2O4. The highest BCUT2D eigenvalue weighted by Crippen LogP contribution is 2.55. The van der Waals surface area contributed by atoms with E-state index in [-0.39, 0.29) is 17.9 Å². The highest BCUT2D eigenvalue weighted by Gasteiger charge is 2.65. The molecule has 0 spiro atoms. The molecule has 1 aliphatic heterocycles. The molecule has 2 N–H and O–H groups in total. The lowest BCUT2D eigenvalue weighted by Gasteiger charge is -2.32. The number of amides is 1. The van der Waals surface area contributed by atoms with Gasteiger partial charge in [-0.3, -0.25) is 9.78 Å². The van der Waals surface area contributed by atoms with Crippen molar-refractivity contribution in [2.24, 2.45) is 5.92 Å². The van der Waals surface area contributed by atoms with Gasteiger partial charge < -0.3 is 19.9 Å². The van der Waals surface area contributed by atoms with Crippen molar-refractivity contribution in [1.29, 1.82) is 0 Å². The first-order valence-corrected chi connectivity index (χ1v) is 10.1. The summed E-state index contributed by atoms with van der Waals surface area (Å²) in [7, 11) is 0.983. The van der Waals surface area contributed by atoms with Crippen LogP contribution >= 0.6 is 0 Å². The molecule has 1 aromatic carbocycles. The minimum absolute atomic E-state index is 0.108. The summed E-state index contributed by atoms with van der Waals surface area (Å²) >= 11 is 0. The van der Waals surface area contributed by atoms with E-state index in [1.165, 1.54) is 25.3 Å². The lowest BCUT2D eigenvalue weighted by molar-refractivity contribution is -0.272. The molecule has 1 aliphatic rings. The summed E-state index contributed by atoms with van der Waals surface area (Å²) in [5.74, 6) is -5.79. The fourth-order valence-electron chi connectivity index (χ4n) is 4.11. The van der Waals surface area contributed by atoms with Crippen molar-refractivity contribution >= 4 is 11.6 Å². The maximum Gasteiger partial charge on any atom is 0.417 e. The molecule has 6 nitrogen and oxygen atoms in total. The molecule has 1 aromatic heterocycles. The van der Waals surface area contributed by atoms with E-state index in [4.69, 9.17) is 14.6 Å². The van der Waals surface area contributed by atoms with Crippen molar-refractivity contribution in [3.63, 3.8) is 0 Å². The van der Waals surface area contributed by atoms with Crippen molar-refractivity contribution < 1.29 is 45.7 Å². The van der Waals surface area contributed by atoms with Crippen molar-refractivity contribution in [2.45, 2.75) is 50.7 Å². The Kier molecular flexibility index (Phi) is 7.13. The number of carbonyl (C=O) groups excluding carboxylic acids is 1. The van der Waals surface area contributed by atoms with Gasteiger partial charge in [0.05, 0.1) is 36.9 Å². The summed E-state index contributed by atoms with van der Waals surface area (Å²) < 4.78 is 93.4. The topological polar surface area (TPSA) is 80.7 Å². The number of hydrogen-bond acceptors (Lipinski definition) is 5. The van der Waals surface area contributed by atoms with Crippen LogP contribution in [0.1, 0.15) is 43.0 Å². The maximum absolute atomic E-state index is 14.1. The molecule has 186 valence electrons. The van der Waals surface area contributed by atoms with Gasteiger partial charge in [-0.15, -0.1) is 0 Å². The zero-order chi connectivity index (χ0) is 25.4. The third-order valence-electron chi connectivity index (χ3n) is 6.14. The van der Waals surface area contributed by atoms with E-state index < -0.39 is 59.2 Å². The normalized spacial score (nSPS) is 25.0. The Hall–Kier alpha value is -2.86. The number of aliphatic hydroxyl groups is 1. The number of carbonyl (C=O) groups is 1. The molecule has 0 aliphatic carbocycles. The monoisotopic (exact) mass is 492 g/mol. The summed E-state index contributed by atoms with van der Waals surface area (Å²) in [5, 5.41) is 11.5. The van der Waals surface area contributed by atoms with Gasteiger partial charge in [-0.25, -0.2) is 13.2 Å². The molecule has 1 amide bonds. The second-order valence-corrected chi connectivity index (χ2v) is 8.03. The van der Waals surface area contributed by atoms with Crippen LogP contribution in [0.5, 0.6) is 5.75 Å². The predicted octanol–water partition coefficient (Wildman–Crippen LogP) is 4.74. The lowest BCUT2D eigenvalue weighted by atomic mass is 9.76. The van der Waals surface area contributed by atoms with E-state index in [0.29, 0.717) is 11.8 Å². The number of alkyl halides is 5. The molecule has 12 heteroatoms. The average molecular weight is 492 g/mol. The molecular weight excluding hydrogens is 470 g/mol. The minimum atomic E-state index is -4.91. The summed E-state index contributed by atoms with van der Waals surface area (Å²) in [5.41, 5.74) is -3.74. The predicted molar refractivity (Wildman–Crippen MR) is 108 cm³/mol. The smallest absolute Gasteiger partial charge is 0.417 e. The molecule has 34 heavy (non-hydrogen) atoms. The van der Waals surface area contributed by atoms with Gasteiger partial charge in [-0.05, 0) is 25.1 Å². The van der Waals surface area contributed by atoms with Crippen LogP contribution in [-0.4, -0.2) is 41.0 Å². The van der Waals surface area contributed by atoms with Crippen LogP contribution in [0.25, 0.3) is 0 Å². The number of ether oxygens (including phenoxy) is 2. The zero-order valence-corrected chi connectivity index (χ0v) is 18.3. The maximum atomic E-state index is 14.1. The van der Waals surface area contributed by atoms with Gasteiger partial charge >= 0.3 is 6.18 Å². The largest absolute Gasteiger partial charge is 0.496 e. The Labute approximate surface area is 190 Å². The van der Waals surface area contributed by atoms with Crippen molar-refractivity contribution in [3.05, 3.63) is 53.1 Å². The number of nitrogens with one attached hydrogen (secondary N) is 1. The highest BCUT2D eigenvalue weighted by atomic mass is 19.4. The van der Waals surface area contributed by atoms with Crippen molar-refractivity contribution in [2.75, 3.05) is 12.4 Å². The molecule has 0 bridgehead atoms. The highest BCUT2D eigenvalue weighted by molar-refractivity contribution is 5.95. The molecule has 0 unspecified atom stereocenters. The number of rotatable bonds is 6. The Balaban J connectivity index is 2.10. The number of anilines is 1. The quantitative estimate of drug-likeness (QED) is 0.570. The molecule has 1 saturated heterocycles. The van der Waals surface area contributed by atoms with E-state index in [1.54, 1.807) is 0 Å². The zero-order valence-electron chi connectivity index (χ0n) is 18.3. The van der Waals surface area contributed by atoms with Gasteiger partial charge in [0, 0.05) is 17.4 Å². The first-order chi connectivity index (χ1) is 15.9. The Bertz CT molecular complexity index is 1050. The molecule has 0 saturated carbocycles. The second-order valence-electron chi connectivity index (χ2n) is 8.03. The Morgan fingerprint density at radius 3 is 2.47 bits per heavy atom. The van der Waals surface area contributed by atoms with Gasteiger partial charge in [0.15, 0.2) is 5.60 Å². The molecule has 3 rings (SSSR count). The van der Waals surface area contributed by atoms with Crippen LogP contribution < -0.4 is 10.1 Å². The van der Waals surface area contributed by atoms with Gasteiger partial charge in [-0.1, -0.05) is 13.0 Å². The standard InChI is InChI=1S/C22H22F6N2O4/c1-10-15(13-6-7-14(23)16(19(24)25)17(13)33-3)18(34-21(10,2)22(26,27)28)20(32)30-11-4-5-12(9-31)29-8-11/h4-8,10,15,18-19,31H,9H2,1-3H3,(H,30,32)/t10-,15-,18+,21+/m0/s1. The number of aromatic nitrogens is 1. The van der Waals surface area contributed by atoms with Crippen LogP contribution in [0.3, 0.4) is 0 Å². The van der Waals surface area contributed by atoms with Gasteiger partial charge in [0.2, 0.25) is 0 Å². The summed E-state index contributed by atoms with van der Waals surface area (Å²) in [6.07, 6.45) is -8.83. The lowest BCUT2D eigenvalue weighted by Crippen LogP contribution is -2.47. The van der Waals surface area contributed by atoms with E-state index >= 15 is 0 Å². The van der Waals surface area contributed by atoms with Crippen LogP contribution in [0, 0.1) is 11.7 Å². The van der Waals surface area contributed by atoms with Gasteiger partial charge in [0.25, 0.3) is 12.3 Å². The summed E-state index contributed by atoms with van der Waals surface area (Å²) in [6, 6.07) is 4.48. The third-order valence-corrected chi connectivity index (χ3v) is 6.14. The van der Waals surface area contributed by atoms with Crippen molar-refractivity contribution in [3.8, 4) is 5.75 Å². The number of nitrogens with zero attached hydrogens (tertiary/aromatic N) is 1. The van der Waals surface area contributed by atoms with E-state index in [9.17, 15) is 31.1 Å². The van der Waals surface area contributed by atoms with E-state index in [0.717, 1.165) is 20.1 Å². The summed E-state index contributed by atoms with van der Waals surface area (Å²) in [6.45, 7) is 1.58. The summed E-state index contributed by atoms with van der Waals surface area (Å²) in [4.78, 5) is 16.9. The first-order valence-electron chi connectivity index (χ1n) is 10.1. The van der Waals surface area contributed by atoms with E-state index in [2.05, 4.69) is 10.3 Å². The fourth-order valence-corrected chi connectivity index (χ4v) is 4.11. The van der Waals surface area contributed by atoms with Crippen molar-refractivity contribution in [1.82, 2.24) is 4.98 Å². The second kappa shape index (κ2) is 9.41. The number of benzene rings is 1. The number of pyridine rings is 1. The van der Waals surface area contributed by atoms with Crippen LogP contribution in [0.15, 0.2) is 30.5 Å². The molecule has 4 atom stereocenters. The third kappa shape index (κ3) is 4.43. The number of aliphatic hydroxyl groups excluding tert-OH is 1. The minimum Gasteiger partial charge on any atom is -0.496 e. The number of methoxy groups -OCH3 is 1. The van der Waals surface area contributed by atoms with Crippen LogP contribution in [0.2, 0.25) is 0 Å². The van der Waals surface area contributed by atoms with Gasteiger partial charge in [-0.2, -0.15) is 13.2 Å². The number of hydrogen-bond donors (Lipinski definition) is 2. The fraction of sp³-hybridized carbons (Fsp3) is 0.455. The molecule has 0 radical (unpaired) electrons. The van der Waals surface area contributed by atoms with Crippen LogP contribution in [0.4, 0.5) is 32.0 Å². The average Bonchev–Trinajstić information content (AvgIpc) is 3.05. The number of halogens is 6.